The number of hydrogen-bond acceptors (Lipinski definition) is 2. The summed E-state index contributed by atoms with van der Waals surface area (Å²) in [4.78, 5) is 4.29. The van der Waals surface area contributed by atoms with Crippen molar-refractivity contribution in [1.29, 1.82) is 0 Å². The number of nitrogens with one attached hydrogen (secondary N) is 1. The molecule has 3 N–H and O–H groups in total. The fraction of sp³-hybridized carbons (Fsp3) is 0.167. The van der Waals surface area contributed by atoms with Gasteiger partial charge in [-0.15, -0.1) is 24.0 Å². The van der Waals surface area contributed by atoms with Gasteiger partial charge in [0.2, 0.25) is 0 Å². The van der Waals surface area contributed by atoms with Crippen molar-refractivity contribution in [3.8, 4) is 0 Å². The van der Waals surface area contributed by atoms with E-state index in [1.165, 1.54) is 0 Å². The quantitative estimate of drug-likeness (QED) is 0.421. The van der Waals surface area contributed by atoms with E-state index in [0.717, 1.165) is 16.8 Å². The van der Waals surface area contributed by atoms with Crippen LogP contribution in [0.2, 0.25) is 0 Å². The Balaban J connectivity index is 0.00000264. The average Bonchev–Trinajstić information content (AvgIpc) is 2.55. The van der Waals surface area contributed by atoms with E-state index in [4.69, 9.17) is 10.5 Å². The number of methoxy groups -OCH3 is 1. The number of para-hydroxylation sites is 1. The lowest BCUT2D eigenvalue weighted by atomic mass is 10.2. The number of nitrogens with two attached hydrogens (primary N) is 1. The molecule has 0 saturated heterocycles. The van der Waals surface area contributed by atoms with Crippen LogP contribution in [0.1, 0.15) is 11.1 Å². The molecule has 2 aromatic carbocycles. The van der Waals surface area contributed by atoms with Crippen LogP contribution in [0.25, 0.3) is 6.08 Å². The van der Waals surface area contributed by atoms with Crippen LogP contribution in [-0.4, -0.2) is 19.6 Å². The van der Waals surface area contributed by atoms with Crippen LogP contribution in [-0.2, 0) is 11.3 Å². The summed E-state index contributed by atoms with van der Waals surface area (Å²) >= 11 is 0. The minimum Gasteiger partial charge on any atom is -0.380 e. The molecule has 23 heavy (non-hydrogen) atoms. The second kappa shape index (κ2) is 10.8. The lowest BCUT2D eigenvalue weighted by molar-refractivity contribution is 0.185. The molecule has 0 atom stereocenters. The lowest BCUT2D eigenvalue weighted by Crippen LogP contribution is -2.23. The average molecular weight is 423 g/mol. The van der Waals surface area contributed by atoms with E-state index < -0.39 is 0 Å². The first-order chi connectivity index (χ1) is 10.8. The summed E-state index contributed by atoms with van der Waals surface area (Å²) in [6.45, 7) is 1.06. The highest BCUT2D eigenvalue weighted by Crippen LogP contribution is 2.15. The van der Waals surface area contributed by atoms with E-state index in [1.54, 1.807) is 7.11 Å². The molecule has 0 aliphatic rings. The van der Waals surface area contributed by atoms with Gasteiger partial charge in [0.1, 0.15) is 0 Å². The smallest absolute Gasteiger partial charge is 0.193 e. The second-order valence-electron chi connectivity index (χ2n) is 4.75. The monoisotopic (exact) mass is 423 g/mol. The lowest BCUT2D eigenvalue weighted by Gasteiger charge is -2.10. The molecule has 0 saturated carbocycles. The first-order valence-corrected chi connectivity index (χ1v) is 7.15. The fourth-order valence-electron chi connectivity index (χ4n) is 2.01. The molecule has 0 radical (unpaired) electrons. The first kappa shape index (κ1) is 19.2. The Morgan fingerprint density at radius 3 is 2.57 bits per heavy atom. The first-order valence-electron chi connectivity index (χ1n) is 7.15. The van der Waals surface area contributed by atoms with Gasteiger partial charge in [0.15, 0.2) is 5.96 Å². The zero-order chi connectivity index (χ0) is 15.6. The largest absolute Gasteiger partial charge is 0.380 e. The summed E-state index contributed by atoms with van der Waals surface area (Å²) in [6, 6.07) is 18.0. The minimum absolute atomic E-state index is 0. The Hall–Kier alpha value is -1.86. The van der Waals surface area contributed by atoms with Crippen LogP contribution in [0.4, 0.5) is 5.69 Å². The summed E-state index contributed by atoms with van der Waals surface area (Å²) in [5.41, 5.74) is 9.02. The number of anilines is 1. The van der Waals surface area contributed by atoms with Crippen molar-refractivity contribution in [1.82, 2.24) is 0 Å². The number of hydrogen-bond donors (Lipinski definition) is 2. The predicted molar refractivity (Wildman–Crippen MR) is 108 cm³/mol. The van der Waals surface area contributed by atoms with Crippen LogP contribution in [0.5, 0.6) is 0 Å². The van der Waals surface area contributed by atoms with Crippen molar-refractivity contribution in [2.45, 2.75) is 6.61 Å². The van der Waals surface area contributed by atoms with Crippen molar-refractivity contribution < 1.29 is 4.74 Å². The molecular formula is C18H22IN3O. The second-order valence-corrected chi connectivity index (χ2v) is 4.75. The van der Waals surface area contributed by atoms with Gasteiger partial charge in [-0.1, -0.05) is 60.7 Å². The number of guanidine groups is 1. The number of halogens is 1. The highest BCUT2D eigenvalue weighted by Gasteiger charge is 2.01. The summed E-state index contributed by atoms with van der Waals surface area (Å²) in [5, 5.41) is 3.11. The molecule has 0 heterocycles. The third-order valence-electron chi connectivity index (χ3n) is 3.06. The molecule has 2 rings (SSSR count). The summed E-state index contributed by atoms with van der Waals surface area (Å²) in [7, 11) is 1.67. The zero-order valence-corrected chi connectivity index (χ0v) is 15.4. The molecule has 0 spiro atoms. The molecular weight excluding hydrogens is 401 g/mol. The third-order valence-corrected chi connectivity index (χ3v) is 3.06. The van der Waals surface area contributed by atoms with E-state index in [2.05, 4.69) is 10.3 Å². The Morgan fingerprint density at radius 2 is 1.83 bits per heavy atom. The molecule has 0 unspecified atom stereocenters. The molecule has 2 aromatic rings. The van der Waals surface area contributed by atoms with Gasteiger partial charge < -0.3 is 15.8 Å². The normalized spacial score (nSPS) is 11.3. The predicted octanol–water partition coefficient (Wildman–Crippen LogP) is 3.89. The van der Waals surface area contributed by atoms with Crippen LogP contribution in [0.3, 0.4) is 0 Å². The fourth-order valence-corrected chi connectivity index (χ4v) is 2.01. The van der Waals surface area contributed by atoms with E-state index in [9.17, 15) is 0 Å². The topological polar surface area (TPSA) is 59.6 Å². The van der Waals surface area contributed by atoms with E-state index in [1.807, 2.05) is 66.7 Å². The maximum Gasteiger partial charge on any atom is 0.193 e. The Bertz CT molecular complexity index is 642. The van der Waals surface area contributed by atoms with Crippen molar-refractivity contribution in [3.05, 3.63) is 71.8 Å². The van der Waals surface area contributed by atoms with Crippen molar-refractivity contribution >= 4 is 41.7 Å². The molecule has 0 aliphatic carbocycles. The molecule has 5 heteroatoms. The summed E-state index contributed by atoms with van der Waals surface area (Å²) in [5.74, 6) is 0.390. The number of ether oxygens (including phenoxy) is 1. The van der Waals surface area contributed by atoms with Crippen molar-refractivity contribution in [2.75, 3.05) is 19.0 Å². The Morgan fingerprint density at radius 1 is 1.13 bits per heavy atom. The zero-order valence-electron chi connectivity index (χ0n) is 13.1. The van der Waals surface area contributed by atoms with E-state index in [-0.39, 0.29) is 24.0 Å². The maximum atomic E-state index is 5.91. The van der Waals surface area contributed by atoms with Gasteiger partial charge in [-0.2, -0.15) is 0 Å². The minimum atomic E-state index is 0. The van der Waals surface area contributed by atoms with Crippen LogP contribution in [0.15, 0.2) is 65.7 Å². The molecule has 0 bridgehead atoms. The number of rotatable bonds is 6. The maximum absolute atomic E-state index is 5.91. The summed E-state index contributed by atoms with van der Waals surface area (Å²) in [6.07, 6.45) is 4.00. The summed E-state index contributed by atoms with van der Waals surface area (Å²) < 4.78 is 5.17. The molecule has 0 amide bonds. The van der Waals surface area contributed by atoms with Gasteiger partial charge in [0, 0.05) is 18.4 Å². The number of aliphatic imine (C=N–C) groups is 1. The van der Waals surface area contributed by atoms with E-state index >= 15 is 0 Å². The Labute approximate surface area is 154 Å². The highest BCUT2D eigenvalue weighted by molar-refractivity contribution is 14.0. The molecule has 0 aromatic heterocycles. The van der Waals surface area contributed by atoms with Gasteiger partial charge in [0.05, 0.1) is 13.2 Å². The van der Waals surface area contributed by atoms with Gasteiger partial charge in [-0.3, -0.25) is 0 Å². The van der Waals surface area contributed by atoms with Gasteiger partial charge in [0.25, 0.3) is 0 Å². The standard InChI is InChI=1S/C18H21N3O.HI/c1-22-14-16-11-5-6-12-17(16)21-18(19)20-13-7-10-15-8-3-2-4-9-15;/h2-12H,13-14H2,1H3,(H3,19,20,21);1H. The highest BCUT2D eigenvalue weighted by atomic mass is 127. The van der Waals surface area contributed by atoms with Crippen molar-refractivity contribution in [2.24, 2.45) is 10.7 Å². The molecule has 0 aliphatic heterocycles. The van der Waals surface area contributed by atoms with Crippen LogP contribution < -0.4 is 11.1 Å². The number of nitrogens with zero attached hydrogens (tertiary/aromatic N) is 1. The SMILES string of the molecule is COCc1ccccc1NC(N)=NCC=Cc1ccccc1.I. The van der Waals surface area contributed by atoms with Gasteiger partial charge >= 0.3 is 0 Å². The van der Waals surface area contributed by atoms with E-state index in [0.29, 0.717) is 19.1 Å². The Kier molecular flexibility index (Phi) is 9.01. The molecule has 122 valence electrons. The van der Waals surface area contributed by atoms with Crippen LogP contribution in [0, 0.1) is 0 Å². The van der Waals surface area contributed by atoms with Gasteiger partial charge in [-0.05, 0) is 11.6 Å². The molecule has 4 nitrogen and oxygen atoms in total. The van der Waals surface area contributed by atoms with Gasteiger partial charge in [-0.25, -0.2) is 4.99 Å². The molecule has 0 fully saturated rings. The van der Waals surface area contributed by atoms with Crippen LogP contribution >= 0.6 is 24.0 Å². The third kappa shape index (κ3) is 6.83. The number of benzene rings is 2. The van der Waals surface area contributed by atoms with Crippen molar-refractivity contribution in [3.63, 3.8) is 0 Å².